The van der Waals surface area contributed by atoms with Crippen molar-refractivity contribution in [3.63, 3.8) is 0 Å². The van der Waals surface area contributed by atoms with Gasteiger partial charge in [0.05, 0.1) is 11.9 Å². The lowest BCUT2D eigenvalue weighted by Gasteiger charge is -2.32. The number of anilines is 1. The summed E-state index contributed by atoms with van der Waals surface area (Å²) in [5.74, 6) is -0.354. The minimum Gasteiger partial charge on any atom is -0.354 e. The zero-order chi connectivity index (χ0) is 30.9. The fourth-order valence-electron chi connectivity index (χ4n) is 4.42. The molecule has 0 unspecified atom stereocenters. The smallest absolute Gasteiger partial charge is 0.243 e. The Morgan fingerprint density at radius 1 is 0.905 bits per heavy atom. The summed E-state index contributed by atoms with van der Waals surface area (Å²) in [6.45, 7) is 4.60. The molecule has 0 aliphatic rings. The van der Waals surface area contributed by atoms with Gasteiger partial charge >= 0.3 is 0 Å². The molecule has 0 spiro atoms. The van der Waals surface area contributed by atoms with Crippen LogP contribution in [0.15, 0.2) is 72.8 Å². The standard InChI is InChI=1S/C31H36Cl3N3O4S/c1-22(2)20-35-31(39)29(18-23-8-5-4-6-9-23)36(21-24-11-12-26(33)19-28(24)34)30(38)10-7-17-37(42(3,40)41)27-15-13-25(32)14-16-27/h4-6,8-9,11-16,19,22,29H,7,10,17-18,20-21H2,1-3H3,(H,35,39)/t29-/m1/s1. The Hall–Kier alpha value is -2.78. The van der Waals surface area contributed by atoms with Crippen LogP contribution in [0.5, 0.6) is 0 Å². The lowest BCUT2D eigenvalue weighted by atomic mass is 10.0. The zero-order valence-electron chi connectivity index (χ0n) is 23.9. The first-order valence-corrected chi connectivity index (χ1v) is 16.6. The molecule has 3 aromatic rings. The van der Waals surface area contributed by atoms with E-state index >= 15 is 0 Å². The highest BCUT2D eigenvalue weighted by Crippen LogP contribution is 2.25. The van der Waals surface area contributed by atoms with Crippen molar-refractivity contribution >= 4 is 62.3 Å². The average molecular weight is 653 g/mol. The number of rotatable bonds is 14. The van der Waals surface area contributed by atoms with Gasteiger partial charge in [-0.1, -0.05) is 85.0 Å². The Bertz CT molecular complexity index is 1450. The second-order valence-electron chi connectivity index (χ2n) is 10.5. The lowest BCUT2D eigenvalue weighted by Crippen LogP contribution is -2.51. The van der Waals surface area contributed by atoms with Gasteiger partial charge < -0.3 is 10.2 Å². The van der Waals surface area contributed by atoms with Crippen molar-refractivity contribution < 1.29 is 18.0 Å². The van der Waals surface area contributed by atoms with Crippen LogP contribution in [-0.4, -0.2) is 50.5 Å². The van der Waals surface area contributed by atoms with Crippen LogP contribution in [0.3, 0.4) is 0 Å². The number of carbonyl (C=O) groups excluding carboxylic acids is 2. The van der Waals surface area contributed by atoms with E-state index in [-0.39, 0.29) is 43.7 Å². The van der Waals surface area contributed by atoms with Gasteiger partial charge in [0, 0.05) is 47.5 Å². The van der Waals surface area contributed by atoms with Crippen LogP contribution < -0.4 is 9.62 Å². The van der Waals surface area contributed by atoms with Gasteiger partial charge in [0.2, 0.25) is 21.8 Å². The SMILES string of the molecule is CC(C)CNC(=O)[C@@H](Cc1ccccc1)N(Cc1ccc(Cl)cc1Cl)C(=O)CCCN(c1ccc(Cl)cc1)S(C)(=O)=O. The summed E-state index contributed by atoms with van der Waals surface area (Å²) in [6.07, 6.45) is 1.65. The van der Waals surface area contributed by atoms with Crippen LogP contribution in [-0.2, 0) is 32.6 Å². The summed E-state index contributed by atoms with van der Waals surface area (Å²) < 4.78 is 26.4. The molecule has 0 radical (unpaired) electrons. The van der Waals surface area contributed by atoms with Crippen molar-refractivity contribution in [2.75, 3.05) is 23.7 Å². The molecule has 0 saturated heterocycles. The van der Waals surface area contributed by atoms with E-state index in [0.717, 1.165) is 11.8 Å². The Balaban J connectivity index is 1.90. The summed E-state index contributed by atoms with van der Waals surface area (Å²) in [5, 5.41) is 4.31. The molecule has 0 bridgehead atoms. The molecule has 0 aliphatic heterocycles. The molecule has 1 atom stereocenters. The van der Waals surface area contributed by atoms with Gasteiger partial charge in [0.25, 0.3) is 0 Å². The third kappa shape index (κ3) is 10.2. The van der Waals surface area contributed by atoms with E-state index in [0.29, 0.717) is 39.3 Å². The van der Waals surface area contributed by atoms with Crippen LogP contribution in [0, 0.1) is 5.92 Å². The number of carbonyl (C=O) groups is 2. The Morgan fingerprint density at radius 2 is 1.55 bits per heavy atom. The van der Waals surface area contributed by atoms with Crippen molar-refractivity contribution in [1.29, 1.82) is 0 Å². The van der Waals surface area contributed by atoms with Crippen molar-refractivity contribution in [1.82, 2.24) is 10.2 Å². The maximum Gasteiger partial charge on any atom is 0.243 e. The highest BCUT2D eigenvalue weighted by Gasteiger charge is 2.31. The summed E-state index contributed by atoms with van der Waals surface area (Å²) >= 11 is 18.6. The monoisotopic (exact) mass is 651 g/mol. The molecule has 3 aromatic carbocycles. The molecular formula is C31H36Cl3N3O4S. The number of hydrogen-bond donors (Lipinski definition) is 1. The number of nitrogens with one attached hydrogen (secondary N) is 1. The summed E-state index contributed by atoms with van der Waals surface area (Å²) in [4.78, 5) is 29.0. The second kappa shape index (κ2) is 15.6. The van der Waals surface area contributed by atoms with Crippen LogP contribution in [0.25, 0.3) is 0 Å². The van der Waals surface area contributed by atoms with Gasteiger partial charge in [0.15, 0.2) is 0 Å². The van der Waals surface area contributed by atoms with Gasteiger partial charge in [0.1, 0.15) is 6.04 Å². The molecule has 1 N–H and O–H groups in total. The number of halogens is 3. The van der Waals surface area contributed by atoms with Gasteiger partial charge in [-0.15, -0.1) is 0 Å². The molecule has 11 heteroatoms. The quantitative estimate of drug-likeness (QED) is 0.213. The molecule has 7 nitrogen and oxygen atoms in total. The van der Waals surface area contributed by atoms with E-state index in [4.69, 9.17) is 34.8 Å². The average Bonchev–Trinajstić information content (AvgIpc) is 2.93. The van der Waals surface area contributed by atoms with Crippen molar-refractivity contribution in [2.24, 2.45) is 5.92 Å². The minimum absolute atomic E-state index is 0.00751. The Kier molecular flexibility index (Phi) is 12.5. The van der Waals surface area contributed by atoms with Crippen LogP contribution in [0.2, 0.25) is 15.1 Å². The van der Waals surface area contributed by atoms with Crippen LogP contribution in [0.1, 0.15) is 37.8 Å². The molecule has 3 rings (SSSR count). The Labute approximate surface area is 263 Å². The van der Waals surface area contributed by atoms with Crippen LogP contribution >= 0.6 is 34.8 Å². The van der Waals surface area contributed by atoms with E-state index < -0.39 is 16.1 Å². The second-order valence-corrected chi connectivity index (χ2v) is 13.7. The lowest BCUT2D eigenvalue weighted by molar-refractivity contribution is -0.141. The maximum absolute atomic E-state index is 13.9. The molecule has 226 valence electrons. The Morgan fingerprint density at radius 3 is 2.14 bits per heavy atom. The summed E-state index contributed by atoms with van der Waals surface area (Å²) in [5.41, 5.74) is 1.99. The minimum atomic E-state index is -3.62. The van der Waals surface area contributed by atoms with E-state index in [1.807, 2.05) is 44.2 Å². The first-order valence-electron chi connectivity index (χ1n) is 13.6. The molecule has 0 aromatic heterocycles. The molecule has 0 aliphatic carbocycles. The third-order valence-corrected chi connectivity index (χ3v) is 8.61. The third-order valence-electron chi connectivity index (χ3n) is 6.58. The van der Waals surface area contributed by atoms with E-state index in [1.165, 1.54) is 9.21 Å². The van der Waals surface area contributed by atoms with Crippen LogP contribution in [0.4, 0.5) is 5.69 Å². The highest BCUT2D eigenvalue weighted by molar-refractivity contribution is 7.92. The first kappa shape index (κ1) is 33.7. The fraction of sp³-hybridized carbons (Fsp3) is 0.355. The predicted molar refractivity (Wildman–Crippen MR) is 172 cm³/mol. The summed E-state index contributed by atoms with van der Waals surface area (Å²) in [7, 11) is -3.62. The molecule has 0 saturated carbocycles. The van der Waals surface area contributed by atoms with Crippen molar-refractivity contribution in [3.05, 3.63) is 99.0 Å². The number of amides is 2. The van der Waals surface area contributed by atoms with Gasteiger partial charge in [-0.3, -0.25) is 13.9 Å². The first-order chi connectivity index (χ1) is 19.8. The maximum atomic E-state index is 13.9. The zero-order valence-corrected chi connectivity index (χ0v) is 27.0. The molecule has 2 amide bonds. The van der Waals surface area contributed by atoms with Gasteiger partial charge in [-0.2, -0.15) is 0 Å². The normalized spacial score (nSPS) is 12.2. The number of benzene rings is 3. The molecule has 0 fully saturated rings. The van der Waals surface area contributed by atoms with Gasteiger partial charge in [-0.05, 0) is 59.9 Å². The highest BCUT2D eigenvalue weighted by atomic mass is 35.5. The van der Waals surface area contributed by atoms with E-state index in [1.54, 1.807) is 42.5 Å². The van der Waals surface area contributed by atoms with Gasteiger partial charge in [-0.25, -0.2) is 8.42 Å². The number of sulfonamides is 1. The number of hydrogen-bond acceptors (Lipinski definition) is 4. The molecular weight excluding hydrogens is 617 g/mol. The topological polar surface area (TPSA) is 86.8 Å². The number of nitrogens with zero attached hydrogens (tertiary/aromatic N) is 2. The molecule has 0 heterocycles. The summed E-state index contributed by atoms with van der Waals surface area (Å²) in [6, 6.07) is 20.2. The molecule has 42 heavy (non-hydrogen) atoms. The van der Waals surface area contributed by atoms with E-state index in [9.17, 15) is 18.0 Å². The van der Waals surface area contributed by atoms with E-state index in [2.05, 4.69) is 5.32 Å². The predicted octanol–water partition coefficient (Wildman–Crippen LogP) is 6.61. The largest absolute Gasteiger partial charge is 0.354 e. The van der Waals surface area contributed by atoms with Crippen molar-refractivity contribution in [3.8, 4) is 0 Å². The van der Waals surface area contributed by atoms with Crippen molar-refractivity contribution in [2.45, 2.75) is 45.7 Å². The fourth-order valence-corrected chi connectivity index (χ4v) is 5.98.